The number of thioether (sulfide) groups is 1. The summed E-state index contributed by atoms with van der Waals surface area (Å²) in [7, 11) is 0. The zero-order chi connectivity index (χ0) is 65.3. The van der Waals surface area contributed by atoms with Crippen molar-refractivity contribution < 1.29 is 58.0 Å². The molecule has 0 heterocycles. The molecule has 23 heteroatoms. The number of amides is 5. The molecule has 88 heavy (non-hydrogen) atoms. The quantitative estimate of drug-likeness (QED) is 0.0157. The molecular formula is C65H126N10O12S. The first kappa shape index (κ1) is 83.9. The van der Waals surface area contributed by atoms with Gasteiger partial charge in [-0.2, -0.15) is 11.8 Å². The summed E-state index contributed by atoms with van der Waals surface area (Å²) in [4.78, 5) is 107. The lowest BCUT2D eigenvalue weighted by atomic mass is 10.0. The van der Waals surface area contributed by atoms with E-state index in [1.165, 1.54) is 127 Å². The maximum Gasteiger partial charge on any atom is 0.326 e. The van der Waals surface area contributed by atoms with E-state index in [1.807, 2.05) is 0 Å². The van der Waals surface area contributed by atoms with Gasteiger partial charge < -0.3 is 74.9 Å². The van der Waals surface area contributed by atoms with Crippen LogP contribution in [0.3, 0.4) is 0 Å². The maximum atomic E-state index is 14.1. The van der Waals surface area contributed by atoms with Crippen LogP contribution in [-0.4, -0.2) is 144 Å². The van der Waals surface area contributed by atoms with Crippen LogP contribution in [0.25, 0.3) is 0 Å². The normalized spacial score (nSPS) is 13.4. The lowest BCUT2D eigenvalue weighted by Gasteiger charge is -2.27. The molecule has 0 aromatic heterocycles. The summed E-state index contributed by atoms with van der Waals surface area (Å²) in [5, 5.41) is 33.2. The summed E-state index contributed by atoms with van der Waals surface area (Å²) < 4.78 is 11.5. The lowest BCUT2D eigenvalue weighted by Crippen LogP contribution is -2.59. The molecule has 0 aliphatic rings. The fraction of sp³-hybridized carbons (Fsp3) is 0.877. The number of hydrogen-bond donors (Lipinski definition) is 12. The van der Waals surface area contributed by atoms with Gasteiger partial charge in [0.05, 0.1) is 12.6 Å². The number of rotatable bonds is 63. The molecule has 0 saturated carbocycles. The number of aliphatic hydroxyl groups excluding tert-OH is 1. The Balaban J connectivity index is 5.74. The van der Waals surface area contributed by atoms with Crippen molar-refractivity contribution in [3.05, 3.63) is 0 Å². The lowest BCUT2D eigenvalue weighted by molar-refractivity contribution is -0.188. The summed E-state index contributed by atoms with van der Waals surface area (Å²) in [6.07, 6.45) is 34.3. The molecule has 5 amide bonds. The van der Waals surface area contributed by atoms with Crippen molar-refractivity contribution in [3.63, 3.8) is 0 Å². The molecule has 0 radical (unpaired) electrons. The van der Waals surface area contributed by atoms with Crippen LogP contribution in [0.5, 0.6) is 0 Å². The topological polar surface area (TPSA) is 386 Å². The highest BCUT2D eigenvalue weighted by Crippen LogP contribution is 2.18. The molecule has 22 nitrogen and oxygen atoms in total. The Hall–Kier alpha value is -4.13. The SMILES string of the molecule is CCCCCCCCCCCCCCCC(=O)OC(CCSC[C@H](N)C(=O)N[C@@H](CO)C(=O)N[C@@H](CCCCN)C(=O)N[C@@H](CCCCN)C(=O)N[C@@H](CCCCN)C(=O)N[C@@H](CCCCN)C(=O)O)OC(=O)CCCCCCCCCCCCCCC. The number of carboxylic acids is 1. The van der Waals surface area contributed by atoms with Crippen LogP contribution in [0.4, 0.5) is 0 Å². The Morgan fingerprint density at radius 2 is 0.659 bits per heavy atom. The van der Waals surface area contributed by atoms with E-state index in [-0.39, 0.29) is 57.2 Å². The van der Waals surface area contributed by atoms with E-state index in [9.17, 15) is 48.6 Å². The van der Waals surface area contributed by atoms with Gasteiger partial charge in [-0.25, -0.2) is 4.79 Å². The smallest absolute Gasteiger partial charge is 0.326 e. The molecule has 0 unspecified atom stereocenters. The van der Waals surface area contributed by atoms with Gasteiger partial charge >= 0.3 is 17.9 Å². The van der Waals surface area contributed by atoms with Crippen LogP contribution in [0.15, 0.2) is 0 Å². The molecule has 0 aliphatic heterocycles. The summed E-state index contributed by atoms with van der Waals surface area (Å²) >= 11 is 1.26. The molecule has 514 valence electrons. The fourth-order valence-electron chi connectivity index (χ4n) is 10.2. The number of nitrogens with two attached hydrogens (primary N) is 5. The van der Waals surface area contributed by atoms with Crippen LogP contribution < -0.4 is 55.3 Å². The molecule has 0 fully saturated rings. The van der Waals surface area contributed by atoms with Crippen LogP contribution in [0.1, 0.15) is 277 Å². The molecule has 0 spiro atoms. The number of aliphatic carboxylic acids is 1. The van der Waals surface area contributed by atoms with Crippen molar-refractivity contribution in [2.75, 3.05) is 44.3 Å². The third kappa shape index (κ3) is 46.9. The zero-order valence-corrected chi connectivity index (χ0v) is 55.6. The number of unbranched alkanes of at least 4 members (excludes halogenated alkanes) is 28. The van der Waals surface area contributed by atoms with Gasteiger partial charge in [0, 0.05) is 30.8 Å². The van der Waals surface area contributed by atoms with Crippen molar-refractivity contribution >= 4 is 59.2 Å². The van der Waals surface area contributed by atoms with Gasteiger partial charge in [-0.3, -0.25) is 33.6 Å². The molecule has 0 aliphatic carbocycles. The Kier molecular flexibility index (Phi) is 56.4. The Labute approximate surface area is 534 Å². The minimum Gasteiger partial charge on any atom is -0.480 e. The predicted molar refractivity (Wildman–Crippen MR) is 353 cm³/mol. The minimum atomic E-state index is -1.53. The van der Waals surface area contributed by atoms with E-state index in [1.54, 1.807) is 0 Å². The van der Waals surface area contributed by atoms with Gasteiger partial charge in [0.15, 0.2) is 0 Å². The van der Waals surface area contributed by atoms with Crippen LogP contribution in [0, 0.1) is 0 Å². The van der Waals surface area contributed by atoms with E-state index in [4.69, 9.17) is 38.1 Å². The van der Waals surface area contributed by atoms with E-state index < -0.39 is 96.6 Å². The van der Waals surface area contributed by atoms with Gasteiger partial charge in [-0.1, -0.05) is 168 Å². The second-order valence-electron chi connectivity index (χ2n) is 23.8. The fourth-order valence-corrected chi connectivity index (χ4v) is 11.1. The summed E-state index contributed by atoms with van der Waals surface area (Å²) in [6, 6.07) is -7.54. The number of nitrogens with one attached hydrogen (secondary N) is 5. The van der Waals surface area contributed by atoms with E-state index in [0.717, 1.165) is 38.5 Å². The Bertz CT molecular complexity index is 1770. The first-order chi connectivity index (χ1) is 42.6. The zero-order valence-electron chi connectivity index (χ0n) is 54.8. The van der Waals surface area contributed by atoms with E-state index in [0.29, 0.717) is 89.6 Å². The number of aliphatic hydroxyl groups is 1. The van der Waals surface area contributed by atoms with Crippen molar-refractivity contribution in [2.24, 2.45) is 28.7 Å². The molecular weight excluding hydrogens is 1140 g/mol. The van der Waals surface area contributed by atoms with Crippen LogP contribution >= 0.6 is 11.8 Å². The highest BCUT2D eigenvalue weighted by Gasteiger charge is 2.33. The monoisotopic (exact) mass is 1270 g/mol. The first-order valence-electron chi connectivity index (χ1n) is 34.5. The van der Waals surface area contributed by atoms with Crippen molar-refractivity contribution in [1.82, 2.24) is 26.6 Å². The summed E-state index contributed by atoms with van der Waals surface area (Å²) in [6.45, 7) is 4.89. The third-order valence-electron chi connectivity index (χ3n) is 15.7. The average Bonchev–Trinajstić information content (AvgIpc) is 3.07. The number of carbonyl (C=O) groups excluding carboxylic acids is 7. The number of carbonyl (C=O) groups is 8. The maximum absolute atomic E-state index is 14.1. The second-order valence-corrected chi connectivity index (χ2v) is 25.0. The number of hydrogen-bond acceptors (Lipinski definition) is 17. The summed E-state index contributed by atoms with van der Waals surface area (Å²) in [5.74, 6) is -5.59. The molecule has 0 aromatic rings. The molecule has 17 N–H and O–H groups in total. The van der Waals surface area contributed by atoms with Crippen molar-refractivity contribution in [3.8, 4) is 0 Å². The number of carboxylic acid groups (broad SMARTS) is 1. The molecule has 6 atom stereocenters. The van der Waals surface area contributed by atoms with Gasteiger partial charge in [0.25, 0.3) is 0 Å². The largest absolute Gasteiger partial charge is 0.480 e. The van der Waals surface area contributed by atoms with Gasteiger partial charge in [-0.15, -0.1) is 0 Å². The number of ether oxygens (including phenoxy) is 2. The molecule has 0 saturated heterocycles. The van der Waals surface area contributed by atoms with Crippen LogP contribution in [-0.2, 0) is 47.8 Å². The highest BCUT2D eigenvalue weighted by atomic mass is 32.2. The summed E-state index contributed by atoms with van der Waals surface area (Å²) in [5.41, 5.74) is 29.1. The average molecular weight is 1270 g/mol. The van der Waals surface area contributed by atoms with Gasteiger partial charge in [-0.05, 0) is 116 Å². The van der Waals surface area contributed by atoms with Gasteiger partial charge in [0.2, 0.25) is 35.8 Å². The van der Waals surface area contributed by atoms with E-state index >= 15 is 0 Å². The Morgan fingerprint density at radius 1 is 0.375 bits per heavy atom. The highest BCUT2D eigenvalue weighted by molar-refractivity contribution is 7.99. The van der Waals surface area contributed by atoms with Crippen LogP contribution in [0.2, 0.25) is 0 Å². The molecule has 0 aromatic carbocycles. The predicted octanol–water partition coefficient (Wildman–Crippen LogP) is 7.83. The third-order valence-corrected chi connectivity index (χ3v) is 16.9. The Morgan fingerprint density at radius 3 is 0.966 bits per heavy atom. The van der Waals surface area contributed by atoms with Gasteiger partial charge in [0.1, 0.15) is 30.2 Å². The number of esters is 2. The first-order valence-corrected chi connectivity index (χ1v) is 35.7. The second kappa shape index (κ2) is 59.2. The van der Waals surface area contributed by atoms with E-state index in [2.05, 4.69) is 40.4 Å². The molecule has 0 bridgehead atoms. The molecule has 0 rings (SSSR count). The van der Waals surface area contributed by atoms with Crippen molar-refractivity contribution in [1.29, 1.82) is 0 Å². The van der Waals surface area contributed by atoms with Crippen molar-refractivity contribution in [2.45, 2.75) is 320 Å². The standard InChI is InChI=1S/C65H126N10O12S/c1-3-5-7-9-11-13-15-17-19-21-23-25-27-41-57(77)86-59(87-58(78)42-28-26-24-22-20-18-16-14-12-10-8-6-4-2)43-48-88-50-51(70)60(79)75-56(49-76)64(83)73-53(38-30-34-45-67)62(81)71-52(37-29-33-44-66)61(80)72-54(39-31-35-46-68)63(82)74-55(65(84)85)40-32-36-47-69/h51-56,59,76H,3-50,66-70H2,1-2H3,(H,71,81)(H,72,80)(H,73,83)(H,74,82)(H,75,79)(H,84,85)/t51-,52-,53-,54-,55-,56-/m0/s1. The minimum absolute atomic E-state index is 0.0559.